The van der Waals surface area contributed by atoms with E-state index in [9.17, 15) is 0 Å². The third-order valence-electron chi connectivity index (χ3n) is 3.53. The summed E-state index contributed by atoms with van der Waals surface area (Å²) in [6.07, 6.45) is 5.62. The molecule has 0 saturated heterocycles. The van der Waals surface area contributed by atoms with Crippen LogP contribution >= 0.6 is 0 Å². The van der Waals surface area contributed by atoms with E-state index in [1.807, 2.05) is 19.3 Å². The second-order valence-corrected chi connectivity index (χ2v) is 4.77. The number of nitrogens with two attached hydrogens (primary N) is 1. The van der Waals surface area contributed by atoms with E-state index in [1.54, 1.807) is 4.68 Å². The molecule has 2 N–H and O–H groups in total. The summed E-state index contributed by atoms with van der Waals surface area (Å²) in [6.45, 7) is 0. The van der Waals surface area contributed by atoms with E-state index in [1.165, 1.54) is 36.0 Å². The Morgan fingerprint density at radius 1 is 1.24 bits per heavy atom. The molecule has 1 aliphatic rings. The lowest BCUT2D eigenvalue weighted by atomic mass is 10.00. The zero-order chi connectivity index (χ0) is 11.8. The summed E-state index contributed by atoms with van der Waals surface area (Å²) in [7, 11) is 1.92. The van der Waals surface area contributed by atoms with Crippen LogP contribution in [-0.2, 0) is 19.9 Å². The molecule has 0 bridgehead atoms. The van der Waals surface area contributed by atoms with Gasteiger partial charge in [-0.2, -0.15) is 5.10 Å². The molecule has 0 aliphatic heterocycles. The molecule has 1 unspecified atom stereocenters. The first-order chi connectivity index (χ1) is 8.24. The zero-order valence-electron chi connectivity index (χ0n) is 10.1. The van der Waals surface area contributed by atoms with E-state index < -0.39 is 0 Å². The van der Waals surface area contributed by atoms with Crippen molar-refractivity contribution in [2.75, 3.05) is 0 Å². The van der Waals surface area contributed by atoms with E-state index in [0.29, 0.717) is 0 Å². The van der Waals surface area contributed by atoms with Gasteiger partial charge in [0.15, 0.2) is 0 Å². The van der Waals surface area contributed by atoms with Crippen LogP contribution in [0.4, 0.5) is 0 Å². The maximum absolute atomic E-state index is 6.25. The summed E-state index contributed by atoms with van der Waals surface area (Å²) < 4.78 is 1.79. The molecule has 17 heavy (non-hydrogen) atoms. The zero-order valence-corrected chi connectivity index (χ0v) is 10.1. The number of aryl methyl sites for hydroxylation is 3. The lowest BCUT2D eigenvalue weighted by Gasteiger charge is -2.11. The van der Waals surface area contributed by atoms with Gasteiger partial charge in [-0.15, -0.1) is 0 Å². The number of aromatic nitrogens is 2. The van der Waals surface area contributed by atoms with Crippen LogP contribution < -0.4 is 5.73 Å². The normalized spacial score (nSPS) is 15.9. The molecule has 0 spiro atoms. The number of fused-ring (bicyclic) bond motifs is 1. The second-order valence-electron chi connectivity index (χ2n) is 4.77. The summed E-state index contributed by atoms with van der Waals surface area (Å²) in [5.74, 6) is 0. The predicted molar refractivity (Wildman–Crippen MR) is 67.7 cm³/mol. The smallest absolute Gasteiger partial charge is 0.0837 e. The highest BCUT2D eigenvalue weighted by Crippen LogP contribution is 2.26. The van der Waals surface area contributed by atoms with E-state index in [4.69, 9.17) is 5.73 Å². The molecule has 3 rings (SSSR count). The van der Waals surface area contributed by atoms with Gasteiger partial charge >= 0.3 is 0 Å². The Hall–Kier alpha value is -1.61. The Balaban J connectivity index is 1.94. The van der Waals surface area contributed by atoms with Gasteiger partial charge in [0.2, 0.25) is 0 Å². The fourth-order valence-corrected chi connectivity index (χ4v) is 2.55. The predicted octanol–water partition coefficient (Wildman–Crippen LogP) is 1.96. The van der Waals surface area contributed by atoms with Crippen molar-refractivity contribution in [2.24, 2.45) is 12.8 Å². The van der Waals surface area contributed by atoms with Crippen molar-refractivity contribution in [3.8, 4) is 0 Å². The topological polar surface area (TPSA) is 43.8 Å². The molecular weight excluding hydrogens is 210 g/mol. The lowest BCUT2D eigenvalue weighted by Crippen LogP contribution is -2.13. The van der Waals surface area contributed by atoms with E-state index >= 15 is 0 Å². The van der Waals surface area contributed by atoms with Gasteiger partial charge in [-0.25, -0.2) is 0 Å². The molecular formula is C14H17N3. The fourth-order valence-electron chi connectivity index (χ4n) is 2.55. The molecule has 3 nitrogen and oxygen atoms in total. The second kappa shape index (κ2) is 4.00. The van der Waals surface area contributed by atoms with E-state index in [-0.39, 0.29) is 6.04 Å². The minimum Gasteiger partial charge on any atom is -0.319 e. The van der Waals surface area contributed by atoms with Crippen molar-refractivity contribution < 1.29 is 0 Å². The Kier molecular flexibility index (Phi) is 2.48. The van der Waals surface area contributed by atoms with Crippen LogP contribution in [0.15, 0.2) is 30.5 Å². The quantitative estimate of drug-likeness (QED) is 0.852. The first-order valence-corrected chi connectivity index (χ1v) is 6.11. The SMILES string of the molecule is Cn1ccc(C(N)c2ccc3c(c2)CCC3)n1. The minimum atomic E-state index is -0.109. The standard InChI is InChI=1S/C14H17N3/c1-17-8-7-13(16-17)14(15)12-6-5-10-3-2-4-11(10)9-12/h5-9,14H,2-4,15H2,1H3. The Bertz CT molecular complexity index is 542. The molecule has 0 radical (unpaired) electrons. The number of benzene rings is 1. The monoisotopic (exact) mass is 227 g/mol. The van der Waals surface area contributed by atoms with Crippen molar-refractivity contribution in [3.63, 3.8) is 0 Å². The first kappa shape index (κ1) is 10.5. The van der Waals surface area contributed by atoms with Crippen LogP contribution in [0.25, 0.3) is 0 Å². The van der Waals surface area contributed by atoms with Gasteiger partial charge in [0, 0.05) is 13.2 Å². The molecule has 2 aromatic rings. The minimum absolute atomic E-state index is 0.109. The van der Waals surface area contributed by atoms with Gasteiger partial charge < -0.3 is 5.73 Å². The Morgan fingerprint density at radius 3 is 2.82 bits per heavy atom. The van der Waals surface area contributed by atoms with Crippen LogP contribution in [0.2, 0.25) is 0 Å². The fraction of sp³-hybridized carbons (Fsp3) is 0.357. The molecule has 1 aromatic heterocycles. The third kappa shape index (κ3) is 1.87. The highest BCUT2D eigenvalue weighted by atomic mass is 15.3. The average molecular weight is 227 g/mol. The van der Waals surface area contributed by atoms with Crippen molar-refractivity contribution in [2.45, 2.75) is 25.3 Å². The van der Waals surface area contributed by atoms with Crippen LogP contribution in [0, 0.1) is 0 Å². The van der Waals surface area contributed by atoms with Gasteiger partial charge in [-0.1, -0.05) is 18.2 Å². The number of hydrogen-bond acceptors (Lipinski definition) is 2. The Labute approximate surface area is 101 Å². The molecule has 0 fully saturated rings. The molecule has 1 atom stereocenters. The maximum atomic E-state index is 6.25. The van der Waals surface area contributed by atoms with Crippen molar-refractivity contribution in [3.05, 3.63) is 52.8 Å². The highest BCUT2D eigenvalue weighted by Gasteiger charge is 2.16. The lowest BCUT2D eigenvalue weighted by molar-refractivity contribution is 0.715. The van der Waals surface area contributed by atoms with Gasteiger partial charge in [-0.05, 0) is 42.0 Å². The molecule has 0 saturated carbocycles. The molecule has 3 heteroatoms. The number of rotatable bonds is 2. The maximum Gasteiger partial charge on any atom is 0.0837 e. The van der Waals surface area contributed by atoms with Gasteiger partial charge in [-0.3, -0.25) is 4.68 Å². The van der Waals surface area contributed by atoms with Crippen molar-refractivity contribution in [1.82, 2.24) is 9.78 Å². The number of hydrogen-bond donors (Lipinski definition) is 1. The number of nitrogens with zero attached hydrogens (tertiary/aromatic N) is 2. The van der Waals surface area contributed by atoms with Crippen LogP contribution in [-0.4, -0.2) is 9.78 Å². The van der Waals surface area contributed by atoms with Gasteiger partial charge in [0.05, 0.1) is 11.7 Å². The van der Waals surface area contributed by atoms with Gasteiger partial charge in [0.1, 0.15) is 0 Å². The highest BCUT2D eigenvalue weighted by molar-refractivity contribution is 5.38. The largest absolute Gasteiger partial charge is 0.319 e. The van der Waals surface area contributed by atoms with Gasteiger partial charge in [0.25, 0.3) is 0 Å². The van der Waals surface area contributed by atoms with E-state index in [0.717, 1.165) is 5.69 Å². The first-order valence-electron chi connectivity index (χ1n) is 6.11. The molecule has 1 aliphatic carbocycles. The van der Waals surface area contributed by atoms with Crippen LogP contribution in [0.5, 0.6) is 0 Å². The summed E-state index contributed by atoms with van der Waals surface area (Å²) >= 11 is 0. The van der Waals surface area contributed by atoms with Crippen molar-refractivity contribution in [1.29, 1.82) is 0 Å². The summed E-state index contributed by atoms with van der Waals surface area (Å²) in [6, 6.07) is 8.49. The average Bonchev–Trinajstić information content (AvgIpc) is 2.95. The molecule has 1 heterocycles. The molecule has 0 amide bonds. The Morgan fingerprint density at radius 2 is 2.06 bits per heavy atom. The third-order valence-corrected chi connectivity index (χ3v) is 3.53. The summed E-state index contributed by atoms with van der Waals surface area (Å²) in [5.41, 5.74) is 11.3. The van der Waals surface area contributed by atoms with Crippen LogP contribution in [0.1, 0.15) is 34.8 Å². The summed E-state index contributed by atoms with van der Waals surface area (Å²) in [5, 5.41) is 4.37. The van der Waals surface area contributed by atoms with Crippen LogP contribution in [0.3, 0.4) is 0 Å². The molecule has 88 valence electrons. The summed E-state index contributed by atoms with van der Waals surface area (Å²) in [4.78, 5) is 0. The van der Waals surface area contributed by atoms with Crippen molar-refractivity contribution >= 4 is 0 Å². The molecule has 1 aromatic carbocycles. The van der Waals surface area contributed by atoms with E-state index in [2.05, 4.69) is 23.3 Å².